The van der Waals surface area contributed by atoms with E-state index in [1.807, 2.05) is 12.1 Å². The Morgan fingerprint density at radius 3 is 2.87 bits per heavy atom. The van der Waals surface area contributed by atoms with Gasteiger partial charge in [-0.1, -0.05) is 13.8 Å². The lowest BCUT2D eigenvalue weighted by Gasteiger charge is -2.02. The van der Waals surface area contributed by atoms with Crippen LogP contribution in [0.25, 0.3) is 10.2 Å². The maximum Gasteiger partial charge on any atom is 0.252 e. The number of hydrogen-bond acceptors (Lipinski definition) is 3. The van der Waals surface area contributed by atoms with Crippen LogP contribution in [0.2, 0.25) is 0 Å². The van der Waals surface area contributed by atoms with Gasteiger partial charge in [0, 0.05) is 11.1 Å². The molecule has 4 heteroatoms. The monoisotopic (exact) mass is 220 g/mol. The van der Waals surface area contributed by atoms with E-state index in [0.717, 1.165) is 15.1 Å². The number of hydrogen-bond donors (Lipinski definition) is 1. The molecule has 0 bridgehead atoms. The predicted molar refractivity (Wildman–Crippen MR) is 62.2 cm³/mol. The van der Waals surface area contributed by atoms with Gasteiger partial charge in [0.05, 0.1) is 15.8 Å². The molecule has 2 aromatic heterocycles. The van der Waals surface area contributed by atoms with Gasteiger partial charge >= 0.3 is 0 Å². The molecule has 0 unspecified atom stereocenters. The highest BCUT2D eigenvalue weighted by molar-refractivity contribution is 7.19. The molecule has 2 rings (SSSR count). The molecular weight excluding hydrogens is 208 g/mol. The molecule has 15 heavy (non-hydrogen) atoms. The fourth-order valence-electron chi connectivity index (χ4n) is 1.59. The summed E-state index contributed by atoms with van der Waals surface area (Å²) < 4.78 is 1.02. The molecule has 2 heterocycles. The van der Waals surface area contributed by atoms with Crippen LogP contribution in [-0.4, -0.2) is 10.9 Å². The highest BCUT2D eigenvalue weighted by Gasteiger charge is 2.19. The van der Waals surface area contributed by atoms with Crippen molar-refractivity contribution in [2.45, 2.75) is 19.8 Å². The number of nitrogens with zero attached hydrogens (tertiary/aromatic N) is 1. The number of rotatable bonds is 2. The van der Waals surface area contributed by atoms with E-state index in [0.29, 0.717) is 11.5 Å². The molecule has 0 aromatic carbocycles. The van der Waals surface area contributed by atoms with E-state index in [4.69, 9.17) is 5.73 Å². The Kier molecular flexibility index (Phi) is 2.44. The normalized spacial score (nSPS) is 11.1. The molecule has 0 aliphatic carbocycles. The Bertz CT molecular complexity index is 516. The first-order valence-electron chi connectivity index (χ1n) is 4.78. The van der Waals surface area contributed by atoms with Crippen molar-refractivity contribution >= 4 is 27.5 Å². The Balaban J connectivity index is 2.80. The van der Waals surface area contributed by atoms with Crippen molar-refractivity contribution < 1.29 is 4.79 Å². The van der Waals surface area contributed by atoms with Gasteiger partial charge in [-0.15, -0.1) is 11.3 Å². The molecule has 3 nitrogen and oxygen atoms in total. The van der Waals surface area contributed by atoms with Crippen LogP contribution >= 0.6 is 11.3 Å². The van der Waals surface area contributed by atoms with Gasteiger partial charge in [0.15, 0.2) is 0 Å². The summed E-state index contributed by atoms with van der Waals surface area (Å²) in [6.45, 7) is 4.11. The highest BCUT2D eigenvalue weighted by atomic mass is 32.1. The molecule has 0 saturated heterocycles. The first-order chi connectivity index (χ1) is 7.11. The van der Waals surface area contributed by atoms with E-state index in [-0.39, 0.29) is 5.91 Å². The third-order valence-electron chi connectivity index (χ3n) is 2.24. The van der Waals surface area contributed by atoms with Gasteiger partial charge in [-0.05, 0) is 18.1 Å². The number of amides is 1. The smallest absolute Gasteiger partial charge is 0.252 e. The van der Waals surface area contributed by atoms with Crippen molar-refractivity contribution in [3.8, 4) is 0 Å². The van der Waals surface area contributed by atoms with E-state index in [9.17, 15) is 4.79 Å². The number of primary amides is 1. The quantitative estimate of drug-likeness (QED) is 0.845. The lowest BCUT2D eigenvalue weighted by atomic mass is 10.1. The summed E-state index contributed by atoms with van der Waals surface area (Å²) in [5.74, 6) is -0.0876. The van der Waals surface area contributed by atoms with Crippen LogP contribution < -0.4 is 5.73 Å². The standard InChI is InChI=1S/C11H12N2OS/c1-6(2)10-8(11(12)14)9-7(15-10)4-3-5-13-9/h3-6H,1-2H3,(H2,12,14). The summed E-state index contributed by atoms with van der Waals surface area (Å²) in [7, 11) is 0. The summed E-state index contributed by atoms with van der Waals surface area (Å²) in [5.41, 5.74) is 6.71. The van der Waals surface area contributed by atoms with E-state index in [1.165, 1.54) is 0 Å². The van der Waals surface area contributed by atoms with Crippen LogP contribution in [0.1, 0.15) is 35.0 Å². The van der Waals surface area contributed by atoms with Crippen LogP contribution in [0.15, 0.2) is 18.3 Å². The molecule has 0 spiro atoms. The average molecular weight is 220 g/mol. The summed E-state index contributed by atoms with van der Waals surface area (Å²) >= 11 is 1.60. The number of pyridine rings is 1. The van der Waals surface area contributed by atoms with Crippen molar-refractivity contribution in [3.05, 3.63) is 28.8 Å². The van der Waals surface area contributed by atoms with Gasteiger partial charge in [0.1, 0.15) is 0 Å². The van der Waals surface area contributed by atoms with Crippen LogP contribution in [0.4, 0.5) is 0 Å². The fraction of sp³-hybridized carbons (Fsp3) is 0.273. The molecule has 0 saturated carbocycles. The van der Waals surface area contributed by atoms with Gasteiger partial charge in [0.2, 0.25) is 0 Å². The number of carbonyl (C=O) groups excluding carboxylic acids is 1. The number of aromatic nitrogens is 1. The number of carbonyl (C=O) groups is 1. The van der Waals surface area contributed by atoms with E-state index in [2.05, 4.69) is 18.8 Å². The lowest BCUT2D eigenvalue weighted by Crippen LogP contribution is -2.13. The van der Waals surface area contributed by atoms with Crippen molar-refractivity contribution in [2.75, 3.05) is 0 Å². The minimum Gasteiger partial charge on any atom is -0.365 e. The SMILES string of the molecule is CC(C)c1sc2cccnc2c1C(N)=O. The van der Waals surface area contributed by atoms with Crippen LogP contribution in [0.3, 0.4) is 0 Å². The fourth-order valence-corrected chi connectivity index (χ4v) is 2.76. The average Bonchev–Trinajstić information content (AvgIpc) is 2.56. The summed E-state index contributed by atoms with van der Waals surface area (Å²) in [4.78, 5) is 16.6. The van der Waals surface area contributed by atoms with Crippen molar-refractivity contribution in [1.82, 2.24) is 4.98 Å². The Hall–Kier alpha value is -1.42. The van der Waals surface area contributed by atoms with Gasteiger partial charge in [-0.2, -0.15) is 0 Å². The van der Waals surface area contributed by atoms with E-state index < -0.39 is 0 Å². The molecule has 2 N–H and O–H groups in total. The number of nitrogens with two attached hydrogens (primary N) is 1. The maximum atomic E-state index is 11.4. The van der Waals surface area contributed by atoms with Crippen LogP contribution in [0, 0.1) is 0 Å². The summed E-state index contributed by atoms with van der Waals surface area (Å²) in [5, 5.41) is 0. The first-order valence-corrected chi connectivity index (χ1v) is 5.60. The lowest BCUT2D eigenvalue weighted by molar-refractivity contribution is 0.100. The minimum absolute atomic E-state index is 0.298. The largest absolute Gasteiger partial charge is 0.365 e. The van der Waals surface area contributed by atoms with E-state index >= 15 is 0 Å². The Labute approximate surface area is 91.9 Å². The molecule has 78 valence electrons. The van der Waals surface area contributed by atoms with Crippen molar-refractivity contribution in [2.24, 2.45) is 5.73 Å². The second-order valence-corrected chi connectivity index (χ2v) is 4.79. The number of thiophene rings is 1. The van der Waals surface area contributed by atoms with Gasteiger partial charge < -0.3 is 5.73 Å². The molecule has 0 radical (unpaired) electrons. The van der Waals surface area contributed by atoms with Gasteiger partial charge in [0.25, 0.3) is 5.91 Å². The van der Waals surface area contributed by atoms with Gasteiger partial charge in [-0.3, -0.25) is 9.78 Å². The van der Waals surface area contributed by atoms with Gasteiger partial charge in [-0.25, -0.2) is 0 Å². The molecule has 0 aliphatic heterocycles. The second kappa shape index (κ2) is 3.62. The summed E-state index contributed by atoms with van der Waals surface area (Å²) in [6, 6.07) is 3.83. The molecule has 0 aliphatic rings. The number of fused-ring (bicyclic) bond motifs is 1. The predicted octanol–water partition coefficient (Wildman–Crippen LogP) is 2.52. The zero-order chi connectivity index (χ0) is 11.0. The van der Waals surface area contributed by atoms with Crippen LogP contribution in [0.5, 0.6) is 0 Å². The molecule has 0 fully saturated rings. The van der Waals surface area contributed by atoms with Crippen LogP contribution in [-0.2, 0) is 0 Å². The van der Waals surface area contributed by atoms with E-state index in [1.54, 1.807) is 17.5 Å². The minimum atomic E-state index is -0.386. The maximum absolute atomic E-state index is 11.4. The Morgan fingerprint density at radius 1 is 1.53 bits per heavy atom. The zero-order valence-corrected chi connectivity index (χ0v) is 9.47. The molecule has 1 amide bonds. The Morgan fingerprint density at radius 2 is 2.27 bits per heavy atom. The highest BCUT2D eigenvalue weighted by Crippen LogP contribution is 2.34. The first kappa shape index (κ1) is 10.1. The molecule has 0 atom stereocenters. The third kappa shape index (κ3) is 1.61. The second-order valence-electron chi connectivity index (χ2n) is 3.71. The summed E-state index contributed by atoms with van der Waals surface area (Å²) in [6.07, 6.45) is 1.69. The zero-order valence-electron chi connectivity index (χ0n) is 8.65. The van der Waals surface area contributed by atoms with Crippen molar-refractivity contribution in [3.63, 3.8) is 0 Å². The molecular formula is C11H12N2OS. The van der Waals surface area contributed by atoms with Crippen molar-refractivity contribution in [1.29, 1.82) is 0 Å². The molecule has 2 aromatic rings. The third-order valence-corrected chi connectivity index (χ3v) is 3.69. The topological polar surface area (TPSA) is 56.0 Å².